The largest absolute Gasteiger partial charge is 0.497 e. The number of carboxylic acids is 1. The Labute approximate surface area is 214 Å². The van der Waals surface area contributed by atoms with Gasteiger partial charge in [-0.1, -0.05) is 49.4 Å². The summed E-state index contributed by atoms with van der Waals surface area (Å²) in [6, 6.07) is 14.6. The molecule has 6 atom stereocenters. The Bertz CT molecular complexity index is 1150. The molecule has 2 aromatic rings. The third kappa shape index (κ3) is 4.76. The summed E-state index contributed by atoms with van der Waals surface area (Å²) >= 11 is 0. The van der Waals surface area contributed by atoms with Crippen molar-refractivity contribution in [2.45, 2.75) is 63.9 Å². The van der Waals surface area contributed by atoms with Crippen LogP contribution < -0.4 is 4.74 Å². The minimum absolute atomic E-state index is 0.0655. The lowest BCUT2D eigenvalue weighted by molar-refractivity contribution is -0.131. The van der Waals surface area contributed by atoms with E-state index in [2.05, 4.69) is 37.3 Å². The first kappa shape index (κ1) is 24.8. The Balaban J connectivity index is 1.32. The maximum atomic E-state index is 10.9. The number of aliphatic carboxylic acids is 1. The highest BCUT2D eigenvalue weighted by atomic mass is 16.5. The molecule has 0 unspecified atom stereocenters. The predicted octanol–water partition coefficient (Wildman–Crippen LogP) is 6.73. The maximum Gasteiger partial charge on any atom is 0.328 e. The molecule has 190 valence electrons. The average Bonchev–Trinajstić information content (AvgIpc) is 3.19. The van der Waals surface area contributed by atoms with Crippen molar-refractivity contribution in [2.75, 3.05) is 7.11 Å². The van der Waals surface area contributed by atoms with Gasteiger partial charge in [0.05, 0.1) is 13.2 Å². The SMILES string of the molecule is COc1ccc2c(c1)C[C@@H](CC/C=C/c1ccc(/C=C/C(=O)O)cc1)[C@@H]1[C@@H]2CC[C@]2(C)[C@@H](O)CC[C@@H]12. The number of aliphatic hydroxyl groups is 1. The van der Waals surface area contributed by atoms with E-state index < -0.39 is 5.97 Å². The van der Waals surface area contributed by atoms with Crippen molar-refractivity contribution in [3.05, 3.63) is 76.9 Å². The predicted molar refractivity (Wildman–Crippen MR) is 144 cm³/mol. The average molecular weight is 487 g/mol. The van der Waals surface area contributed by atoms with Crippen LogP contribution in [0.4, 0.5) is 0 Å². The van der Waals surface area contributed by atoms with Crippen LogP contribution in [-0.4, -0.2) is 29.4 Å². The van der Waals surface area contributed by atoms with Crippen LogP contribution in [0.1, 0.15) is 73.6 Å². The smallest absolute Gasteiger partial charge is 0.328 e. The first-order chi connectivity index (χ1) is 17.4. The molecular formula is C32H38O4. The minimum Gasteiger partial charge on any atom is -0.497 e. The zero-order valence-electron chi connectivity index (χ0n) is 21.4. The second kappa shape index (κ2) is 10.3. The van der Waals surface area contributed by atoms with Gasteiger partial charge in [0.1, 0.15) is 5.75 Å². The monoisotopic (exact) mass is 486 g/mol. The van der Waals surface area contributed by atoms with Crippen LogP contribution >= 0.6 is 0 Å². The van der Waals surface area contributed by atoms with E-state index in [1.807, 2.05) is 24.3 Å². The molecule has 2 aromatic carbocycles. The Morgan fingerprint density at radius 2 is 1.83 bits per heavy atom. The molecule has 3 aliphatic rings. The van der Waals surface area contributed by atoms with E-state index in [1.54, 1.807) is 13.2 Å². The summed E-state index contributed by atoms with van der Waals surface area (Å²) in [5.41, 5.74) is 5.06. The van der Waals surface area contributed by atoms with Crippen molar-refractivity contribution in [3.63, 3.8) is 0 Å². The van der Waals surface area contributed by atoms with Crippen LogP contribution in [0.15, 0.2) is 54.6 Å². The molecule has 2 N–H and O–H groups in total. The van der Waals surface area contributed by atoms with E-state index in [4.69, 9.17) is 9.84 Å². The number of benzene rings is 2. The van der Waals surface area contributed by atoms with Crippen LogP contribution in [0.2, 0.25) is 0 Å². The van der Waals surface area contributed by atoms with Crippen molar-refractivity contribution < 1.29 is 19.7 Å². The summed E-state index contributed by atoms with van der Waals surface area (Å²) in [7, 11) is 1.75. The molecule has 2 saturated carbocycles. The lowest BCUT2D eigenvalue weighted by atomic mass is 9.52. The zero-order valence-corrected chi connectivity index (χ0v) is 21.4. The molecule has 0 bridgehead atoms. The van der Waals surface area contributed by atoms with Crippen LogP contribution in [0.25, 0.3) is 12.2 Å². The summed E-state index contributed by atoms with van der Waals surface area (Å²) in [5, 5.41) is 19.7. The molecule has 36 heavy (non-hydrogen) atoms. The Morgan fingerprint density at radius 3 is 2.56 bits per heavy atom. The molecule has 4 heteroatoms. The van der Waals surface area contributed by atoms with Crippen molar-refractivity contribution in [1.82, 2.24) is 0 Å². The quantitative estimate of drug-likeness (QED) is 0.426. The topological polar surface area (TPSA) is 66.8 Å². The van der Waals surface area contributed by atoms with Gasteiger partial charge in [0.25, 0.3) is 0 Å². The lowest BCUT2D eigenvalue weighted by Crippen LogP contribution is -2.47. The summed E-state index contributed by atoms with van der Waals surface area (Å²) in [6.45, 7) is 2.35. The van der Waals surface area contributed by atoms with Crippen LogP contribution in [0.3, 0.4) is 0 Å². The molecule has 0 radical (unpaired) electrons. The highest BCUT2D eigenvalue weighted by Crippen LogP contribution is 2.62. The van der Waals surface area contributed by atoms with Gasteiger partial charge in [-0.3, -0.25) is 0 Å². The molecule has 5 rings (SSSR count). The number of hydrogen-bond acceptors (Lipinski definition) is 3. The van der Waals surface area contributed by atoms with Gasteiger partial charge in [0.2, 0.25) is 0 Å². The van der Waals surface area contributed by atoms with Gasteiger partial charge < -0.3 is 14.9 Å². The van der Waals surface area contributed by atoms with Gasteiger partial charge in [0.15, 0.2) is 0 Å². The molecule has 0 saturated heterocycles. The highest BCUT2D eigenvalue weighted by Gasteiger charge is 2.56. The highest BCUT2D eigenvalue weighted by molar-refractivity contribution is 5.85. The molecule has 3 aliphatic carbocycles. The first-order valence-corrected chi connectivity index (χ1v) is 13.4. The van der Waals surface area contributed by atoms with Gasteiger partial charge in [-0.2, -0.15) is 0 Å². The molecule has 0 spiro atoms. The number of hydrogen-bond donors (Lipinski definition) is 2. The van der Waals surface area contributed by atoms with Crippen LogP contribution in [0.5, 0.6) is 5.75 Å². The number of fused-ring (bicyclic) bond motifs is 5. The maximum absolute atomic E-state index is 10.9. The normalized spacial score (nSPS) is 31.2. The van der Waals surface area contributed by atoms with E-state index in [1.165, 1.54) is 17.5 Å². The third-order valence-corrected chi connectivity index (χ3v) is 9.43. The summed E-state index contributed by atoms with van der Waals surface area (Å²) < 4.78 is 5.56. The van der Waals surface area contributed by atoms with Gasteiger partial charge in [-0.15, -0.1) is 0 Å². The number of carboxylic acid groups (broad SMARTS) is 1. The van der Waals surface area contributed by atoms with Crippen molar-refractivity contribution in [1.29, 1.82) is 0 Å². The Kier molecular flexibility index (Phi) is 7.07. The summed E-state index contributed by atoms with van der Waals surface area (Å²) in [5.74, 6) is 2.44. The van der Waals surface area contributed by atoms with Crippen LogP contribution in [-0.2, 0) is 11.2 Å². The molecule has 0 aromatic heterocycles. The van der Waals surface area contributed by atoms with E-state index in [-0.39, 0.29) is 11.5 Å². The summed E-state index contributed by atoms with van der Waals surface area (Å²) in [6.07, 6.45) is 14.7. The van der Waals surface area contributed by atoms with Crippen LogP contribution in [0, 0.1) is 23.2 Å². The number of carbonyl (C=O) groups is 1. The molecule has 4 nitrogen and oxygen atoms in total. The molecule has 2 fully saturated rings. The fraction of sp³-hybridized carbons (Fsp3) is 0.469. The third-order valence-electron chi connectivity index (χ3n) is 9.43. The van der Waals surface area contributed by atoms with E-state index >= 15 is 0 Å². The first-order valence-electron chi connectivity index (χ1n) is 13.4. The number of methoxy groups -OCH3 is 1. The Morgan fingerprint density at radius 1 is 1.08 bits per heavy atom. The van der Waals surface area contributed by atoms with E-state index in [0.29, 0.717) is 23.7 Å². The fourth-order valence-corrected chi connectivity index (χ4v) is 7.56. The van der Waals surface area contributed by atoms with Gasteiger partial charge in [-0.25, -0.2) is 4.79 Å². The van der Waals surface area contributed by atoms with E-state index in [0.717, 1.165) is 61.5 Å². The summed E-state index contributed by atoms with van der Waals surface area (Å²) in [4.78, 5) is 10.7. The van der Waals surface area contributed by atoms with Crippen molar-refractivity contribution >= 4 is 18.1 Å². The van der Waals surface area contributed by atoms with Crippen molar-refractivity contribution in [2.24, 2.45) is 23.2 Å². The molecule has 0 amide bonds. The lowest BCUT2D eigenvalue weighted by Gasteiger charge is -2.53. The number of aliphatic hydroxyl groups excluding tert-OH is 1. The van der Waals surface area contributed by atoms with Gasteiger partial charge >= 0.3 is 5.97 Å². The molecule has 0 heterocycles. The fourth-order valence-electron chi connectivity index (χ4n) is 7.56. The second-order valence-electron chi connectivity index (χ2n) is 11.3. The van der Waals surface area contributed by atoms with Gasteiger partial charge in [0, 0.05) is 6.08 Å². The standard InChI is InChI=1S/C32H38O4/c1-32-18-17-27-26-13-12-25(36-2)20-24(26)19-23(31(27)28(32)14-15-29(32)33)6-4-3-5-21-7-9-22(10-8-21)11-16-30(34)35/h3,5,7-13,16,20,23,27-29,31,33H,4,6,14-15,17-19H2,1-2H3,(H,34,35)/b5-3+,16-11+/t23-,27-,28+,29+,31-,32+/m1/s1. The number of ether oxygens (including phenoxy) is 1. The number of rotatable bonds is 7. The van der Waals surface area contributed by atoms with Gasteiger partial charge in [-0.05, 0) is 114 Å². The van der Waals surface area contributed by atoms with E-state index in [9.17, 15) is 9.90 Å². The Hall–Kier alpha value is -2.85. The second-order valence-corrected chi connectivity index (χ2v) is 11.3. The zero-order chi connectivity index (χ0) is 25.3. The molecular weight excluding hydrogens is 448 g/mol. The number of allylic oxidation sites excluding steroid dienone is 1. The van der Waals surface area contributed by atoms with Crippen molar-refractivity contribution in [3.8, 4) is 5.75 Å². The minimum atomic E-state index is -0.935. The molecule has 0 aliphatic heterocycles.